The summed E-state index contributed by atoms with van der Waals surface area (Å²) >= 11 is 0. The number of anilines is 1. The molecule has 1 unspecified atom stereocenters. The lowest BCUT2D eigenvalue weighted by atomic mass is 9.46. The first-order chi connectivity index (χ1) is 28.5. The van der Waals surface area contributed by atoms with Crippen LogP contribution in [0.4, 0.5) is 5.69 Å². The molecule has 1 saturated heterocycles. The van der Waals surface area contributed by atoms with Crippen molar-refractivity contribution in [1.82, 2.24) is 10.6 Å². The van der Waals surface area contributed by atoms with Crippen molar-refractivity contribution in [1.29, 1.82) is 0 Å². The molecule has 4 fully saturated rings. The van der Waals surface area contributed by atoms with Gasteiger partial charge in [-0.15, -0.1) is 0 Å². The number of carbonyl (C=O) groups excluding carboxylic acids is 5. The number of unbranched alkanes of at least 4 members (excludes halogenated alkanes) is 1. The number of benzene rings is 2. The van der Waals surface area contributed by atoms with Gasteiger partial charge in [0.25, 0.3) is 0 Å². The van der Waals surface area contributed by atoms with Crippen LogP contribution in [0.15, 0.2) is 72.3 Å². The van der Waals surface area contributed by atoms with Gasteiger partial charge in [0.2, 0.25) is 17.7 Å². The summed E-state index contributed by atoms with van der Waals surface area (Å²) in [4.78, 5) is 64.5. The molecule has 0 bridgehead atoms. The van der Waals surface area contributed by atoms with Gasteiger partial charge in [-0.3, -0.25) is 24.0 Å². The fourth-order valence-corrected chi connectivity index (χ4v) is 11.3. The van der Waals surface area contributed by atoms with Gasteiger partial charge in [0.1, 0.15) is 18.7 Å². The molecule has 322 valence electrons. The average Bonchev–Trinajstić information content (AvgIpc) is 3.72. The third kappa shape index (κ3) is 7.80. The number of ether oxygens (including phenoxy) is 2. The predicted octanol–water partition coefficient (Wildman–Crippen LogP) is 5.65. The first kappa shape index (κ1) is 43.6. The summed E-state index contributed by atoms with van der Waals surface area (Å²) in [5, 5.41) is 30.6. The van der Waals surface area contributed by atoms with Crippen molar-refractivity contribution in [2.75, 3.05) is 11.9 Å². The van der Waals surface area contributed by atoms with E-state index in [1.54, 1.807) is 32.1 Å². The van der Waals surface area contributed by atoms with Gasteiger partial charge in [0, 0.05) is 33.9 Å². The van der Waals surface area contributed by atoms with Gasteiger partial charge in [0.05, 0.1) is 12.2 Å². The maximum Gasteiger partial charge on any atom is 0.246 e. The molecule has 4 aliphatic carbocycles. The third-order valence-electron chi connectivity index (χ3n) is 14.6. The number of hydrogen-bond donors (Lipinski definition) is 5. The first-order valence-electron chi connectivity index (χ1n) is 21.7. The van der Waals surface area contributed by atoms with Gasteiger partial charge in [0.15, 0.2) is 23.5 Å². The van der Waals surface area contributed by atoms with Gasteiger partial charge in [-0.05, 0) is 99.6 Å². The van der Waals surface area contributed by atoms with Crippen molar-refractivity contribution in [2.24, 2.45) is 34.5 Å². The second kappa shape index (κ2) is 17.1. The fraction of sp³-hybridized carbons (Fsp3) is 0.562. The van der Waals surface area contributed by atoms with E-state index in [0.717, 1.165) is 54.4 Å². The van der Waals surface area contributed by atoms with E-state index < -0.39 is 65.3 Å². The molecule has 12 atom stereocenters. The van der Waals surface area contributed by atoms with Gasteiger partial charge < -0.3 is 35.6 Å². The van der Waals surface area contributed by atoms with Crippen LogP contribution in [0.1, 0.15) is 109 Å². The van der Waals surface area contributed by atoms with E-state index in [4.69, 9.17) is 9.47 Å². The minimum absolute atomic E-state index is 0.00787. The Morgan fingerprint density at radius 2 is 1.67 bits per heavy atom. The highest BCUT2D eigenvalue weighted by Crippen LogP contribution is 2.70. The molecule has 2 aromatic carbocycles. The van der Waals surface area contributed by atoms with Crippen molar-refractivity contribution < 1.29 is 43.7 Å². The molecule has 0 aromatic heterocycles. The van der Waals surface area contributed by atoms with Crippen LogP contribution in [0.25, 0.3) is 0 Å². The van der Waals surface area contributed by atoms with Gasteiger partial charge in [-0.25, -0.2) is 0 Å². The van der Waals surface area contributed by atoms with E-state index in [-0.39, 0.29) is 41.3 Å². The van der Waals surface area contributed by atoms with E-state index in [0.29, 0.717) is 24.9 Å². The van der Waals surface area contributed by atoms with Crippen LogP contribution in [0, 0.1) is 34.5 Å². The minimum atomic E-state index is -1.43. The Morgan fingerprint density at radius 1 is 0.950 bits per heavy atom. The van der Waals surface area contributed by atoms with E-state index >= 15 is 0 Å². The Kier molecular flexibility index (Phi) is 12.4. The normalized spacial score (nSPS) is 32.9. The number of ketones is 2. The molecule has 1 heterocycles. The molecule has 0 spiro atoms. The number of nitrogens with one attached hydrogen (secondary N) is 3. The zero-order valence-corrected chi connectivity index (χ0v) is 35.7. The highest BCUT2D eigenvalue weighted by molar-refractivity contribution is 6.01. The Labute approximate surface area is 352 Å². The summed E-state index contributed by atoms with van der Waals surface area (Å²) in [6.07, 6.45) is 8.76. The molecular weight excluding hydrogens is 763 g/mol. The van der Waals surface area contributed by atoms with Crippen molar-refractivity contribution in [3.63, 3.8) is 0 Å². The van der Waals surface area contributed by atoms with Crippen LogP contribution in [-0.2, 0) is 39.9 Å². The predicted molar refractivity (Wildman–Crippen MR) is 225 cm³/mol. The van der Waals surface area contributed by atoms with Gasteiger partial charge in [-0.1, -0.05) is 88.6 Å². The molecule has 0 radical (unpaired) electrons. The molecule has 12 nitrogen and oxygen atoms in total. The summed E-state index contributed by atoms with van der Waals surface area (Å²) in [5.74, 6) is -1.69. The molecule has 7 rings (SSSR count). The van der Waals surface area contributed by atoms with E-state index in [1.807, 2.05) is 62.4 Å². The number of Topliss-reactive ketones (excluding diaryl/α,β-unsaturated/α-hetero) is 1. The highest BCUT2D eigenvalue weighted by atomic mass is 16.7. The number of amides is 3. The average molecular weight is 824 g/mol. The fourth-order valence-electron chi connectivity index (χ4n) is 11.3. The van der Waals surface area contributed by atoms with Crippen LogP contribution in [0.2, 0.25) is 0 Å². The zero-order valence-electron chi connectivity index (χ0n) is 35.7. The summed E-state index contributed by atoms with van der Waals surface area (Å²) in [6, 6.07) is 13.6. The number of aliphatic hydroxyl groups excluding tert-OH is 2. The Balaban J connectivity index is 0.979. The SMILES string of the molecule is CCCCC(C)C(=O)N[C@@H](C)C(=O)N[C@@H](C)C(=O)Nc1cccc(Cc2ccc([C@@H]3O[C@@H]4C[C@H]5[C@@H]6CCC7=CC(=O)C=C[C@]7(C)[C@H]6[C@@H](O)C[C@]5(C)[C@]4(C(=O)CO)O3)cc2)c1. The zero-order chi connectivity index (χ0) is 43.1. The molecule has 5 N–H and O–H groups in total. The van der Waals surface area contributed by atoms with Crippen LogP contribution in [0.3, 0.4) is 0 Å². The maximum atomic E-state index is 13.9. The molecule has 12 heteroatoms. The Hall–Kier alpha value is -4.49. The topological polar surface area (TPSA) is 180 Å². The van der Waals surface area contributed by atoms with Crippen molar-refractivity contribution in [3.8, 4) is 0 Å². The van der Waals surface area contributed by atoms with Crippen LogP contribution < -0.4 is 16.0 Å². The van der Waals surface area contributed by atoms with E-state index in [9.17, 15) is 34.2 Å². The van der Waals surface area contributed by atoms with E-state index in [1.165, 1.54) is 0 Å². The molecule has 3 saturated carbocycles. The number of allylic oxidation sites excluding steroid dienone is 4. The largest absolute Gasteiger partial charge is 0.393 e. The minimum Gasteiger partial charge on any atom is -0.393 e. The number of rotatable bonds is 14. The van der Waals surface area contributed by atoms with E-state index in [2.05, 4.69) is 29.8 Å². The Bertz CT molecular complexity index is 2060. The van der Waals surface area contributed by atoms with Crippen LogP contribution in [-0.4, -0.2) is 76.0 Å². The summed E-state index contributed by atoms with van der Waals surface area (Å²) in [5.41, 5.74) is 1.65. The summed E-state index contributed by atoms with van der Waals surface area (Å²) in [7, 11) is 0. The van der Waals surface area contributed by atoms with Crippen molar-refractivity contribution in [2.45, 2.75) is 129 Å². The second-order valence-electron chi connectivity index (χ2n) is 18.5. The molecule has 3 amide bonds. The lowest BCUT2D eigenvalue weighted by molar-refractivity contribution is -0.201. The summed E-state index contributed by atoms with van der Waals surface area (Å²) < 4.78 is 13.4. The molecule has 60 heavy (non-hydrogen) atoms. The van der Waals surface area contributed by atoms with Gasteiger partial charge in [-0.2, -0.15) is 0 Å². The second-order valence-corrected chi connectivity index (χ2v) is 18.5. The number of fused-ring (bicyclic) bond motifs is 7. The Morgan fingerprint density at radius 3 is 2.38 bits per heavy atom. The molecular formula is C48H61N3O9. The quantitative estimate of drug-likeness (QED) is 0.161. The standard InChI is InChI=1S/C48H61N3O9/c1-7-8-10-27(2)42(56)49-28(3)43(57)50-29(4)44(58)51-34-12-9-11-31(22-34)21-30-13-15-32(16-14-30)45-59-40-24-37-36-18-17-33-23-35(53)19-20-46(33,5)41(36)38(54)25-47(37,6)48(40,60-45)39(55)26-52/h9,11-16,19-20,22-23,27-29,36-38,40-41,45,52,54H,7-8,10,17-18,21,24-26H2,1-6H3,(H,49,56)(H,50,57)(H,51,58)/t27?,28-,29-,36-,37-,38-,40+,41+,45+,46-,47-,48+/m0/s1. The highest BCUT2D eigenvalue weighted by Gasteiger charge is 2.75. The van der Waals surface area contributed by atoms with Crippen LogP contribution >= 0.6 is 0 Å². The lowest BCUT2D eigenvalue weighted by Gasteiger charge is -2.59. The van der Waals surface area contributed by atoms with Gasteiger partial charge >= 0.3 is 0 Å². The first-order valence-corrected chi connectivity index (χ1v) is 21.7. The summed E-state index contributed by atoms with van der Waals surface area (Å²) in [6.45, 7) is 10.5. The number of hydrogen-bond acceptors (Lipinski definition) is 9. The monoisotopic (exact) mass is 823 g/mol. The lowest BCUT2D eigenvalue weighted by Crippen LogP contribution is -2.63. The maximum absolute atomic E-state index is 13.9. The van der Waals surface area contributed by atoms with Crippen molar-refractivity contribution >= 4 is 35.0 Å². The number of carbonyl (C=O) groups is 5. The van der Waals surface area contributed by atoms with Crippen molar-refractivity contribution in [3.05, 3.63) is 89.0 Å². The molecule has 1 aliphatic heterocycles. The third-order valence-corrected chi connectivity index (χ3v) is 14.6. The molecule has 2 aromatic rings. The molecule has 5 aliphatic rings. The smallest absolute Gasteiger partial charge is 0.246 e. The van der Waals surface area contributed by atoms with Crippen LogP contribution in [0.5, 0.6) is 0 Å². The number of aliphatic hydroxyl groups is 2.